The predicted octanol–water partition coefficient (Wildman–Crippen LogP) is -0.424. The van der Waals surface area contributed by atoms with Crippen molar-refractivity contribution in [2.75, 3.05) is 19.5 Å². The number of carboxylic acid groups (broad SMARTS) is 1. The number of aliphatic carboxylic acids is 1. The lowest BCUT2D eigenvalue weighted by atomic mass is 9.94. The third kappa shape index (κ3) is 4.59. The van der Waals surface area contributed by atoms with Gasteiger partial charge in [0.25, 0.3) is 11.6 Å². The van der Waals surface area contributed by atoms with Crippen molar-refractivity contribution in [3.8, 4) is 0 Å². The topological polar surface area (TPSA) is 177 Å². The zero-order valence-corrected chi connectivity index (χ0v) is 18.8. The van der Waals surface area contributed by atoms with Crippen molar-refractivity contribution in [2.45, 2.75) is 36.9 Å². The SMILES string of the molecule is CO[C@]1(NC(=O)C(NC(N)=O)C2=CCC=CC2)C(=O)N2C(C(=O)O)=C(COC(C)=O)CS[C@@H]21. The van der Waals surface area contributed by atoms with Crippen LogP contribution in [0.3, 0.4) is 0 Å². The quantitative estimate of drug-likeness (QED) is 0.155. The maximum Gasteiger partial charge on any atom is 0.352 e. The Morgan fingerprint density at radius 1 is 1.36 bits per heavy atom. The zero-order valence-electron chi connectivity index (χ0n) is 18.0. The number of carbonyl (C=O) groups excluding carboxylic acids is 4. The minimum Gasteiger partial charge on any atom is -0.477 e. The van der Waals surface area contributed by atoms with Crippen LogP contribution < -0.4 is 16.4 Å². The standard InChI is InChI=1S/C20H24N4O8S/c1-10(25)32-8-12-9-33-18-20(31-2,17(29)24(18)14(12)16(27)28)23-15(26)13(22-19(21)30)11-6-4-3-5-7-11/h3-4,7,13,18H,5-6,8-9H2,1-2H3,(H,23,26)(H,27,28)(H3,21,22,30)/t13?,18-,20-/m1/s1. The van der Waals surface area contributed by atoms with E-state index < -0.39 is 46.9 Å². The van der Waals surface area contributed by atoms with E-state index in [1.54, 1.807) is 6.08 Å². The number of urea groups is 1. The van der Waals surface area contributed by atoms with Crippen molar-refractivity contribution in [1.29, 1.82) is 0 Å². The van der Waals surface area contributed by atoms with Crippen LogP contribution >= 0.6 is 11.8 Å². The average molecular weight is 480 g/mol. The number of fused-ring (bicyclic) bond motifs is 1. The number of carboxylic acids is 1. The Kier molecular flexibility index (Phi) is 7.12. The number of ether oxygens (including phenoxy) is 2. The number of carbonyl (C=O) groups is 5. The van der Waals surface area contributed by atoms with Crippen LogP contribution in [0.5, 0.6) is 0 Å². The summed E-state index contributed by atoms with van der Waals surface area (Å²) >= 11 is 1.15. The molecule has 0 aromatic rings. The van der Waals surface area contributed by atoms with Crippen molar-refractivity contribution in [3.63, 3.8) is 0 Å². The minimum absolute atomic E-state index is 0.128. The zero-order chi connectivity index (χ0) is 24.3. The fourth-order valence-corrected chi connectivity index (χ4v) is 5.24. The number of β-lactam (4-membered cyclic amide) rings is 1. The van der Waals surface area contributed by atoms with E-state index in [2.05, 4.69) is 10.6 Å². The van der Waals surface area contributed by atoms with Gasteiger partial charge in [0.15, 0.2) is 0 Å². The van der Waals surface area contributed by atoms with Gasteiger partial charge >= 0.3 is 18.0 Å². The Balaban J connectivity index is 1.86. The third-order valence-electron chi connectivity index (χ3n) is 5.35. The highest BCUT2D eigenvalue weighted by Gasteiger charge is 2.67. The second-order valence-electron chi connectivity index (χ2n) is 7.44. The van der Waals surface area contributed by atoms with Gasteiger partial charge in [-0.2, -0.15) is 0 Å². The molecule has 0 radical (unpaired) electrons. The largest absolute Gasteiger partial charge is 0.477 e. The number of primary amides is 1. The molecule has 33 heavy (non-hydrogen) atoms. The van der Waals surface area contributed by atoms with Crippen molar-refractivity contribution < 1.29 is 38.6 Å². The lowest BCUT2D eigenvalue weighted by molar-refractivity contribution is -0.192. The summed E-state index contributed by atoms with van der Waals surface area (Å²) in [7, 11) is 1.22. The molecular weight excluding hydrogens is 456 g/mol. The van der Waals surface area contributed by atoms with E-state index in [-0.39, 0.29) is 23.6 Å². The van der Waals surface area contributed by atoms with E-state index in [1.807, 2.05) is 12.2 Å². The number of hydrogen-bond acceptors (Lipinski definition) is 8. The molecule has 0 spiro atoms. The van der Waals surface area contributed by atoms with Gasteiger partial charge in [-0.15, -0.1) is 11.8 Å². The van der Waals surface area contributed by atoms with Crippen LogP contribution in [-0.4, -0.2) is 76.4 Å². The van der Waals surface area contributed by atoms with Gasteiger partial charge < -0.3 is 30.9 Å². The average Bonchev–Trinajstić information content (AvgIpc) is 2.78. The van der Waals surface area contributed by atoms with Crippen LogP contribution in [0.15, 0.2) is 35.1 Å². The van der Waals surface area contributed by atoms with Crippen LogP contribution in [0.25, 0.3) is 0 Å². The first-order chi connectivity index (χ1) is 15.6. The van der Waals surface area contributed by atoms with E-state index >= 15 is 0 Å². The number of methoxy groups -OCH3 is 1. The van der Waals surface area contributed by atoms with Crippen LogP contribution in [0.4, 0.5) is 4.79 Å². The maximum atomic E-state index is 13.1. The maximum absolute atomic E-state index is 13.1. The van der Waals surface area contributed by atoms with E-state index in [9.17, 15) is 29.1 Å². The van der Waals surface area contributed by atoms with E-state index in [1.165, 1.54) is 14.0 Å². The highest BCUT2D eigenvalue weighted by atomic mass is 32.2. The number of hydrogen-bond donors (Lipinski definition) is 4. The van der Waals surface area contributed by atoms with E-state index in [0.29, 0.717) is 18.4 Å². The summed E-state index contributed by atoms with van der Waals surface area (Å²) < 4.78 is 10.3. The molecule has 0 aromatic heterocycles. The summed E-state index contributed by atoms with van der Waals surface area (Å²) in [5.74, 6) is -3.36. The molecule has 0 aromatic carbocycles. The minimum atomic E-state index is -1.85. The Morgan fingerprint density at radius 3 is 2.64 bits per heavy atom. The van der Waals surface area contributed by atoms with Crippen molar-refractivity contribution >= 4 is 41.5 Å². The molecule has 1 aliphatic carbocycles. The van der Waals surface area contributed by atoms with Crippen molar-refractivity contribution in [2.24, 2.45) is 5.73 Å². The first-order valence-corrected chi connectivity index (χ1v) is 11.0. The van der Waals surface area contributed by atoms with Gasteiger partial charge in [-0.25, -0.2) is 9.59 Å². The van der Waals surface area contributed by atoms with Crippen LogP contribution in [0.2, 0.25) is 0 Å². The van der Waals surface area contributed by atoms with Gasteiger partial charge in [-0.3, -0.25) is 19.3 Å². The van der Waals surface area contributed by atoms with Crippen LogP contribution in [0.1, 0.15) is 19.8 Å². The number of nitrogens with zero attached hydrogens (tertiary/aromatic N) is 1. The summed E-state index contributed by atoms with van der Waals surface area (Å²) in [4.78, 5) is 61.8. The Labute approximate surface area is 193 Å². The molecule has 3 atom stereocenters. The Bertz CT molecular complexity index is 991. The molecule has 3 rings (SSSR count). The molecule has 2 aliphatic heterocycles. The van der Waals surface area contributed by atoms with Gasteiger partial charge in [0.05, 0.1) is 0 Å². The van der Waals surface area contributed by atoms with E-state index in [4.69, 9.17) is 15.2 Å². The predicted molar refractivity (Wildman–Crippen MR) is 115 cm³/mol. The van der Waals surface area contributed by atoms with Gasteiger partial charge in [-0.1, -0.05) is 18.2 Å². The molecule has 1 unspecified atom stereocenters. The van der Waals surface area contributed by atoms with Gasteiger partial charge in [0.1, 0.15) is 23.7 Å². The van der Waals surface area contributed by atoms with Gasteiger partial charge in [0, 0.05) is 25.4 Å². The van der Waals surface area contributed by atoms with E-state index in [0.717, 1.165) is 16.7 Å². The summed E-state index contributed by atoms with van der Waals surface area (Å²) in [5, 5.41) is 13.7. The molecule has 0 bridgehead atoms. The summed E-state index contributed by atoms with van der Waals surface area (Å²) in [6.45, 7) is 0.910. The highest BCUT2D eigenvalue weighted by Crippen LogP contribution is 2.46. The molecular formula is C20H24N4O8S. The van der Waals surface area contributed by atoms with Gasteiger partial charge in [0.2, 0.25) is 5.91 Å². The Morgan fingerprint density at radius 2 is 2.09 bits per heavy atom. The second-order valence-corrected chi connectivity index (χ2v) is 8.51. The summed E-state index contributed by atoms with van der Waals surface area (Å²) in [6.07, 6.45) is 6.49. The van der Waals surface area contributed by atoms with Crippen LogP contribution in [0, 0.1) is 0 Å². The Hall–Kier alpha value is -3.32. The molecule has 3 aliphatic rings. The van der Waals surface area contributed by atoms with Crippen molar-refractivity contribution in [3.05, 3.63) is 35.1 Å². The third-order valence-corrected chi connectivity index (χ3v) is 6.72. The van der Waals surface area contributed by atoms with Crippen molar-refractivity contribution in [1.82, 2.24) is 15.5 Å². The molecule has 1 saturated heterocycles. The number of amides is 4. The normalized spacial score (nSPS) is 24.8. The number of esters is 1. The molecule has 13 heteroatoms. The summed E-state index contributed by atoms with van der Waals surface area (Å²) in [5.41, 5.74) is 3.91. The molecule has 5 N–H and O–H groups in total. The second kappa shape index (κ2) is 9.67. The fraction of sp³-hybridized carbons (Fsp3) is 0.450. The smallest absolute Gasteiger partial charge is 0.352 e. The molecule has 0 saturated carbocycles. The molecule has 4 amide bonds. The fourth-order valence-electron chi connectivity index (χ4n) is 3.82. The number of rotatable bonds is 8. The van der Waals surface area contributed by atoms with Gasteiger partial charge in [-0.05, 0) is 18.4 Å². The first-order valence-electron chi connectivity index (χ1n) is 9.93. The monoisotopic (exact) mass is 480 g/mol. The molecule has 178 valence electrons. The number of nitrogens with one attached hydrogen (secondary N) is 2. The number of allylic oxidation sites excluding steroid dienone is 3. The number of nitrogens with two attached hydrogens (primary N) is 1. The first kappa shape index (κ1) is 24.3. The lowest BCUT2D eigenvalue weighted by Gasteiger charge is -2.56. The highest BCUT2D eigenvalue weighted by molar-refractivity contribution is 8.00. The summed E-state index contributed by atoms with van der Waals surface area (Å²) in [6, 6.07) is -2.05. The molecule has 2 heterocycles. The molecule has 1 fully saturated rings. The van der Waals surface area contributed by atoms with Crippen LogP contribution in [-0.2, 0) is 28.7 Å². The lowest BCUT2D eigenvalue weighted by Crippen LogP contribution is -2.81. The molecule has 12 nitrogen and oxygen atoms in total. The number of thioether (sulfide) groups is 1.